The lowest BCUT2D eigenvalue weighted by Gasteiger charge is -2.37. The Bertz CT molecular complexity index is 603. The Hall–Kier alpha value is -2.25. The summed E-state index contributed by atoms with van der Waals surface area (Å²) in [6.45, 7) is -0.116. The average molecular weight is 345 g/mol. The van der Waals surface area contributed by atoms with E-state index in [4.69, 9.17) is 9.84 Å². The molecule has 1 aliphatic rings. The van der Waals surface area contributed by atoms with Gasteiger partial charge in [0.15, 0.2) is 0 Å². The standard InChI is InChI=1S/C16H18F3NO4/c17-16(18,19)13-9-8-11-5-1-2-6-12(11)20(13)15(23)24-10-4-3-7-14(21)22/h1-2,5-6,13H,3-4,7-10H2,(H,21,22). The summed E-state index contributed by atoms with van der Waals surface area (Å²) in [7, 11) is 0. The van der Waals surface area contributed by atoms with Crippen molar-refractivity contribution in [1.82, 2.24) is 0 Å². The Balaban J connectivity index is 2.08. The van der Waals surface area contributed by atoms with E-state index >= 15 is 0 Å². The molecule has 1 N–H and O–H groups in total. The number of anilines is 1. The number of hydrogen-bond donors (Lipinski definition) is 1. The molecule has 0 aliphatic carbocycles. The van der Waals surface area contributed by atoms with Gasteiger partial charge in [0.1, 0.15) is 6.04 Å². The van der Waals surface area contributed by atoms with E-state index < -0.39 is 24.3 Å². The zero-order valence-corrected chi connectivity index (χ0v) is 12.9. The average Bonchev–Trinajstić information content (AvgIpc) is 2.52. The van der Waals surface area contributed by atoms with Gasteiger partial charge in [-0.1, -0.05) is 18.2 Å². The summed E-state index contributed by atoms with van der Waals surface area (Å²) in [6, 6.07) is 4.53. The molecule has 1 aromatic carbocycles. The monoisotopic (exact) mass is 345 g/mol. The summed E-state index contributed by atoms with van der Waals surface area (Å²) in [4.78, 5) is 23.3. The van der Waals surface area contributed by atoms with Crippen LogP contribution in [-0.2, 0) is 16.0 Å². The molecule has 0 saturated carbocycles. The van der Waals surface area contributed by atoms with Gasteiger partial charge in [-0.2, -0.15) is 13.2 Å². The first-order chi connectivity index (χ1) is 11.3. The van der Waals surface area contributed by atoms with Crippen LogP contribution in [0.4, 0.5) is 23.7 Å². The molecule has 1 heterocycles. The number of aliphatic carboxylic acids is 1. The number of halogens is 3. The van der Waals surface area contributed by atoms with E-state index in [9.17, 15) is 22.8 Å². The Kier molecular flexibility index (Phi) is 5.69. The normalized spacial score (nSPS) is 17.3. The highest BCUT2D eigenvalue weighted by Gasteiger charge is 2.48. The number of rotatable bonds is 5. The number of benzene rings is 1. The molecule has 1 atom stereocenters. The van der Waals surface area contributed by atoms with Crippen LogP contribution in [0.15, 0.2) is 24.3 Å². The van der Waals surface area contributed by atoms with Crippen molar-refractivity contribution in [1.29, 1.82) is 0 Å². The first-order valence-electron chi connectivity index (χ1n) is 7.63. The molecular weight excluding hydrogens is 327 g/mol. The van der Waals surface area contributed by atoms with Crippen LogP contribution < -0.4 is 4.90 Å². The number of aryl methyl sites for hydroxylation is 1. The van der Waals surface area contributed by atoms with Crippen LogP contribution in [0.1, 0.15) is 31.2 Å². The Morgan fingerprint density at radius 1 is 1.25 bits per heavy atom. The fourth-order valence-electron chi connectivity index (χ4n) is 2.69. The van der Waals surface area contributed by atoms with Crippen LogP contribution in [0.2, 0.25) is 0 Å². The van der Waals surface area contributed by atoms with Gasteiger partial charge >= 0.3 is 18.2 Å². The topological polar surface area (TPSA) is 66.8 Å². The van der Waals surface area contributed by atoms with Crippen LogP contribution in [0.3, 0.4) is 0 Å². The number of carboxylic acids is 1. The lowest BCUT2D eigenvalue weighted by molar-refractivity contribution is -0.150. The number of alkyl halides is 3. The summed E-state index contributed by atoms with van der Waals surface area (Å²) in [5.74, 6) is -0.969. The molecule has 8 heteroatoms. The maximum absolute atomic E-state index is 13.3. The predicted octanol–water partition coefficient (Wildman–Crippen LogP) is 3.76. The van der Waals surface area contributed by atoms with Gasteiger partial charge in [0.25, 0.3) is 0 Å². The number of carboxylic acid groups (broad SMARTS) is 1. The van der Waals surface area contributed by atoms with Gasteiger partial charge in [-0.25, -0.2) is 4.79 Å². The zero-order valence-electron chi connectivity index (χ0n) is 12.9. The lowest BCUT2D eigenvalue weighted by Crippen LogP contribution is -2.51. The minimum absolute atomic E-state index is 0.0741. The molecule has 1 unspecified atom stereocenters. The van der Waals surface area contributed by atoms with Crippen LogP contribution in [0.25, 0.3) is 0 Å². The largest absolute Gasteiger partial charge is 0.481 e. The number of carbonyl (C=O) groups is 2. The first-order valence-corrected chi connectivity index (χ1v) is 7.63. The molecule has 1 aliphatic heterocycles. The van der Waals surface area contributed by atoms with Crippen molar-refractivity contribution < 1.29 is 32.6 Å². The molecular formula is C16H18F3NO4. The van der Waals surface area contributed by atoms with Crippen LogP contribution in [0, 0.1) is 0 Å². The predicted molar refractivity (Wildman–Crippen MR) is 79.9 cm³/mol. The molecule has 0 aromatic heterocycles. The molecule has 2 rings (SSSR count). The van der Waals surface area contributed by atoms with Crippen LogP contribution in [-0.4, -0.2) is 36.0 Å². The van der Waals surface area contributed by atoms with Crippen LogP contribution >= 0.6 is 0 Å². The number of unbranched alkanes of at least 4 members (excludes halogenated alkanes) is 1. The highest BCUT2D eigenvalue weighted by molar-refractivity contribution is 5.90. The zero-order chi connectivity index (χ0) is 17.7. The molecule has 1 amide bonds. The lowest BCUT2D eigenvalue weighted by atomic mass is 9.96. The third-order valence-electron chi connectivity index (χ3n) is 3.83. The molecule has 0 fully saturated rings. The van der Waals surface area contributed by atoms with Gasteiger partial charge in [-0.3, -0.25) is 9.69 Å². The summed E-state index contributed by atoms with van der Waals surface area (Å²) in [6.07, 6.45) is -5.07. The van der Waals surface area contributed by atoms with Crippen molar-refractivity contribution in [3.63, 3.8) is 0 Å². The fraction of sp³-hybridized carbons (Fsp3) is 0.500. The van der Waals surface area contributed by atoms with Gasteiger partial charge in [0.2, 0.25) is 0 Å². The van der Waals surface area contributed by atoms with Crippen LogP contribution in [0.5, 0.6) is 0 Å². The summed E-state index contributed by atoms with van der Waals surface area (Å²) in [5.41, 5.74) is 0.877. The van der Waals surface area contributed by atoms with E-state index in [1.807, 2.05) is 0 Å². The third kappa shape index (κ3) is 4.39. The smallest absolute Gasteiger partial charge is 0.414 e. The number of nitrogens with zero attached hydrogens (tertiary/aromatic N) is 1. The van der Waals surface area contributed by atoms with Gasteiger partial charge in [-0.05, 0) is 37.3 Å². The Labute approximate surface area is 137 Å². The number of carbonyl (C=O) groups excluding carboxylic acids is 1. The number of ether oxygens (including phenoxy) is 1. The van der Waals surface area contributed by atoms with E-state index in [0.717, 1.165) is 0 Å². The van der Waals surface area contributed by atoms with Crippen molar-refractivity contribution >= 4 is 17.7 Å². The minimum Gasteiger partial charge on any atom is -0.481 e. The van der Waals surface area contributed by atoms with Gasteiger partial charge in [-0.15, -0.1) is 0 Å². The maximum atomic E-state index is 13.3. The minimum atomic E-state index is -4.55. The van der Waals surface area contributed by atoms with Gasteiger partial charge < -0.3 is 9.84 Å². The molecule has 132 valence electrons. The molecule has 0 spiro atoms. The summed E-state index contributed by atoms with van der Waals surface area (Å²) >= 11 is 0. The number of amides is 1. The second-order valence-electron chi connectivity index (χ2n) is 5.56. The van der Waals surface area contributed by atoms with E-state index in [1.54, 1.807) is 18.2 Å². The number of fused-ring (bicyclic) bond motifs is 1. The van der Waals surface area contributed by atoms with Crippen molar-refractivity contribution in [3.05, 3.63) is 29.8 Å². The second kappa shape index (κ2) is 7.55. The van der Waals surface area contributed by atoms with Gasteiger partial charge in [0.05, 0.1) is 12.3 Å². The van der Waals surface area contributed by atoms with Crippen molar-refractivity contribution in [3.8, 4) is 0 Å². The SMILES string of the molecule is O=C(O)CCCCOC(=O)N1c2ccccc2CCC1C(F)(F)F. The number of para-hydroxylation sites is 1. The highest BCUT2D eigenvalue weighted by Crippen LogP contribution is 2.38. The summed E-state index contributed by atoms with van der Waals surface area (Å²) in [5, 5.41) is 8.52. The quantitative estimate of drug-likeness (QED) is 0.825. The highest BCUT2D eigenvalue weighted by atomic mass is 19.4. The molecule has 0 bridgehead atoms. The van der Waals surface area contributed by atoms with Crippen molar-refractivity contribution in [2.24, 2.45) is 0 Å². The molecule has 24 heavy (non-hydrogen) atoms. The Morgan fingerprint density at radius 2 is 1.96 bits per heavy atom. The van der Waals surface area contributed by atoms with E-state index in [2.05, 4.69) is 0 Å². The second-order valence-corrected chi connectivity index (χ2v) is 5.56. The number of hydrogen-bond acceptors (Lipinski definition) is 3. The van der Waals surface area contributed by atoms with Crippen molar-refractivity contribution in [2.75, 3.05) is 11.5 Å². The van der Waals surface area contributed by atoms with E-state index in [0.29, 0.717) is 16.9 Å². The van der Waals surface area contributed by atoms with E-state index in [1.165, 1.54) is 6.07 Å². The maximum Gasteiger partial charge on any atom is 0.414 e. The molecule has 1 aromatic rings. The van der Waals surface area contributed by atoms with Crippen molar-refractivity contribution in [2.45, 2.75) is 44.3 Å². The molecule has 0 radical (unpaired) electrons. The van der Waals surface area contributed by atoms with E-state index in [-0.39, 0.29) is 38.0 Å². The Morgan fingerprint density at radius 3 is 2.62 bits per heavy atom. The first kappa shape index (κ1) is 18.1. The third-order valence-corrected chi connectivity index (χ3v) is 3.83. The van der Waals surface area contributed by atoms with Gasteiger partial charge in [0, 0.05) is 6.42 Å². The fourth-order valence-corrected chi connectivity index (χ4v) is 2.69. The molecule has 0 saturated heterocycles. The summed E-state index contributed by atoms with van der Waals surface area (Å²) < 4.78 is 44.7. The molecule has 5 nitrogen and oxygen atoms in total.